The zero-order chi connectivity index (χ0) is 40.8. The van der Waals surface area contributed by atoms with Crippen molar-refractivity contribution in [3.63, 3.8) is 0 Å². The Morgan fingerprint density at radius 2 is 1.27 bits per heavy atom. The average Bonchev–Trinajstić information content (AvgIpc) is 3.63. The molecule has 0 spiro atoms. The van der Waals surface area contributed by atoms with Crippen LogP contribution >= 0.6 is 0 Å². The van der Waals surface area contributed by atoms with Crippen LogP contribution in [0.3, 0.4) is 0 Å². The molecule has 1 unspecified atom stereocenters. The third-order valence-electron chi connectivity index (χ3n) is 11.9. The molecule has 0 saturated heterocycles. The lowest BCUT2D eigenvalue weighted by Crippen LogP contribution is -2.71. The zero-order valence-corrected chi connectivity index (χ0v) is 36.1. The minimum Gasteiger partial charge on any atom is -0.348 e. The number of aromatic nitrogens is 1. The summed E-state index contributed by atoms with van der Waals surface area (Å²) in [5, 5.41) is 8.04. The van der Waals surface area contributed by atoms with E-state index in [-0.39, 0.29) is 0 Å². The standard InChI is InChI=1S/C55H55N3Si/c1-6-10-12-13-16-27-42(26-11-7-2)56(5)44-36-38-52-54(40-44)59(46(9-4)25-8-3,47-30-19-15-20-31-47)55-41-45(37-39-53(55)57(52)43-28-17-14-18-29-43)58-50-34-23-21-32-48(50)49-33-22-24-35-51(49)58/h6,8-10,12-15,17-25,27-41H,7,11,16,26H2,1-5H3/b10-6-,13-12-,25-8-,42-27-,46-9+. The quantitative estimate of drug-likeness (QED) is 0.0852. The van der Waals surface area contributed by atoms with E-state index in [1.165, 1.54) is 71.0 Å². The number of fused-ring (bicyclic) bond motifs is 5. The SMILES string of the molecule is C/C=C\C=C/C/C=C(/CCCC)N(C)c1ccc2c(c1)[Si](C(/C=C\C)=C/C)(c1ccccc1)c1cc(-n3c4ccccc4c4ccccc43)ccc1N2c1ccccc1. The number of benzene rings is 6. The Kier molecular flexibility index (Phi) is 11.8. The van der Waals surface area contributed by atoms with Gasteiger partial charge in [0.25, 0.3) is 0 Å². The second kappa shape index (κ2) is 17.6. The minimum absolute atomic E-state index is 0.895. The van der Waals surface area contributed by atoms with E-state index >= 15 is 0 Å². The molecule has 7 aromatic rings. The highest BCUT2D eigenvalue weighted by Gasteiger charge is 2.50. The lowest BCUT2D eigenvalue weighted by atomic mass is 10.1. The van der Waals surface area contributed by atoms with Crippen molar-refractivity contribution in [2.24, 2.45) is 0 Å². The molecule has 294 valence electrons. The highest BCUT2D eigenvalue weighted by atomic mass is 28.3. The van der Waals surface area contributed by atoms with Gasteiger partial charge in [0.15, 0.2) is 8.07 Å². The topological polar surface area (TPSA) is 11.4 Å². The van der Waals surface area contributed by atoms with Crippen molar-refractivity contribution in [3.05, 3.63) is 205 Å². The number of allylic oxidation sites excluding steroid dienone is 10. The summed E-state index contributed by atoms with van der Waals surface area (Å²) in [6.07, 6.45) is 22.2. The van der Waals surface area contributed by atoms with Crippen LogP contribution in [0.1, 0.15) is 53.4 Å². The molecule has 0 saturated carbocycles. The molecule has 8 rings (SSSR count). The Morgan fingerprint density at radius 3 is 1.92 bits per heavy atom. The van der Waals surface area contributed by atoms with Gasteiger partial charge in [0, 0.05) is 52.0 Å². The van der Waals surface area contributed by atoms with Crippen LogP contribution < -0.4 is 25.4 Å². The van der Waals surface area contributed by atoms with Crippen LogP contribution in [0.5, 0.6) is 0 Å². The number of rotatable bonds is 13. The Morgan fingerprint density at radius 1 is 0.644 bits per heavy atom. The van der Waals surface area contributed by atoms with Crippen LogP contribution in [0.2, 0.25) is 0 Å². The summed E-state index contributed by atoms with van der Waals surface area (Å²) < 4.78 is 2.47. The third kappa shape index (κ3) is 7.12. The van der Waals surface area contributed by atoms with E-state index < -0.39 is 8.07 Å². The van der Waals surface area contributed by atoms with Crippen LogP contribution in [0, 0.1) is 0 Å². The van der Waals surface area contributed by atoms with Crippen LogP contribution in [-0.4, -0.2) is 19.7 Å². The Labute approximate surface area is 352 Å². The predicted molar refractivity (Wildman–Crippen MR) is 260 cm³/mol. The first-order valence-corrected chi connectivity index (χ1v) is 23.2. The van der Waals surface area contributed by atoms with E-state index in [4.69, 9.17) is 0 Å². The van der Waals surface area contributed by atoms with Crippen molar-refractivity contribution in [1.82, 2.24) is 4.57 Å². The van der Waals surface area contributed by atoms with Crippen molar-refractivity contribution in [1.29, 1.82) is 0 Å². The van der Waals surface area contributed by atoms with E-state index in [0.717, 1.165) is 31.4 Å². The highest BCUT2D eigenvalue weighted by Crippen LogP contribution is 2.43. The third-order valence-corrected chi connectivity index (χ3v) is 16.9. The van der Waals surface area contributed by atoms with E-state index in [2.05, 4.69) is 243 Å². The summed E-state index contributed by atoms with van der Waals surface area (Å²) in [6.45, 7) is 8.74. The maximum Gasteiger partial charge on any atom is 0.183 e. The molecule has 1 aromatic heterocycles. The molecule has 0 fully saturated rings. The molecule has 0 N–H and O–H groups in total. The molecule has 3 nitrogen and oxygen atoms in total. The van der Waals surface area contributed by atoms with Gasteiger partial charge >= 0.3 is 0 Å². The predicted octanol–water partition coefficient (Wildman–Crippen LogP) is 13.1. The molecular weight excluding hydrogens is 731 g/mol. The summed E-state index contributed by atoms with van der Waals surface area (Å²) in [6, 6.07) is 54.6. The van der Waals surface area contributed by atoms with Crippen LogP contribution in [-0.2, 0) is 0 Å². The van der Waals surface area contributed by atoms with Crippen molar-refractivity contribution in [2.75, 3.05) is 16.8 Å². The molecule has 1 aliphatic heterocycles. The summed E-state index contributed by atoms with van der Waals surface area (Å²) in [4.78, 5) is 4.96. The van der Waals surface area contributed by atoms with Gasteiger partial charge in [-0.15, -0.1) is 0 Å². The number of hydrogen-bond donors (Lipinski definition) is 0. The van der Waals surface area contributed by atoms with Gasteiger partial charge in [-0.25, -0.2) is 0 Å². The van der Waals surface area contributed by atoms with E-state index in [1.54, 1.807) is 0 Å². The summed E-state index contributed by atoms with van der Waals surface area (Å²) in [5.41, 5.74) is 9.78. The molecule has 0 radical (unpaired) electrons. The fourth-order valence-corrected chi connectivity index (χ4v) is 14.5. The normalized spacial score (nSPS) is 15.8. The van der Waals surface area contributed by atoms with Crippen molar-refractivity contribution in [3.8, 4) is 5.69 Å². The monoisotopic (exact) mass is 785 g/mol. The fraction of sp³-hybridized carbons (Fsp3) is 0.164. The molecule has 4 heteroatoms. The minimum atomic E-state index is -3.03. The van der Waals surface area contributed by atoms with Crippen LogP contribution in [0.15, 0.2) is 205 Å². The molecule has 1 atom stereocenters. The van der Waals surface area contributed by atoms with Gasteiger partial charge in [-0.05, 0) is 121 Å². The number of anilines is 4. The van der Waals surface area contributed by atoms with E-state index in [9.17, 15) is 0 Å². The molecule has 59 heavy (non-hydrogen) atoms. The summed E-state index contributed by atoms with van der Waals surface area (Å²) in [7, 11) is -0.764. The lowest BCUT2D eigenvalue weighted by molar-refractivity contribution is 0.765. The van der Waals surface area contributed by atoms with Crippen LogP contribution in [0.4, 0.5) is 22.7 Å². The Hall–Kier alpha value is -6.36. The largest absolute Gasteiger partial charge is 0.348 e. The van der Waals surface area contributed by atoms with Gasteiger partial charge in [-0.3, -0.25) is 0 Å². The van der Waals surface area contributed by atoms with Gasteiger partial charge in [0.1, 0.15) is 0 Å². The molecule has 0 bridgehead atoms. The van der Waals surface area contributed by atoms with Gasteiger partial charge in [-0.1, -0.05) is 147 Å². The van der Waals surface area contributed by atoms with Gasteiger partial charge in [0.2, 0.25) is 0 Å². The Bertz CT molecular complexity index is 2680. The van der Waals surface area contributed by atoms with Crippen molar-refractivity contribution >= 4 is 68.2 Å². The average molecular weight is 786 g/mol. The first-order chi connectivity index (χ1) is 29.1. The number of hydrogen-bond acceptors (Lipinski definition) is 2. The van der Waals surface area contributed by atoms with Crippen molar-refractivity contribution < 1.29 is 0 Å². The lowest BCUT2D eigenvalue weighted by Gasteiger charge is -2.46. The molecule has 0 amide bonds. The molecule has 6 aromatic carbocycles. The van der Waals surface area contributed by atoms with Gasteiger partial charge in [-0.2, -0.15) is 0 Å². The first kappa shape index (κ1) is 39.5. The van der Waals surface area contributed by atoms with Gasteiger partial charge < -0.3 is 14.4 Å². The Balaban J connectivity index is 1.46. The van der Waals surface area contributed by atoms with E-state index in [1.807, 2.05) is 0 Å². The van der Waals surface area contributed by atoms with Gasteiger partial charge in [0.05, 0.1) is 11.0 Å². The van der Waals surface area contributed by atoms with E-state index in [0.29, 0.717) is 0 Å². The van der Waals surface area contributed by atoms with Crippen molar-refractivity contribution in [2.45, 2.75) is 53.4 Å². The second-order valence-corrected chi connectivity index (χ2v) is 19.1. The highest BCUT2D eigenvalue weighted by molar-refractivity contribution is 7.18. The molecule has 1 aliphatic rings. The first-order valence-electron chi connectivity index (χ1n) is 21.2. The smallest absolute Gasteiger partial charge is 0.183 e. The number of nitrogens with zero attached hydrogens (tertiary/aromatic N) is 3. The number of para-hydroxylation sites is 3. The maximum absolute atomic E-state index is 3.03. The zero-order valence-electron chi connectivity index (χ0n) is 35.1. The summed E-state index contributed by atoms with van der Waals surface area (Å²) >= 11 is 0. The molecular formula is C55H55N3Si. The second-order valence-electron chi connectivity index (χ2n) is 15.4. The molecule has 0 aliphatic carbocycles. The fourth-order valence-electron chi connectivity index (χ4n) is 9.21. The maximum atomic E-state index is 2.54. The molecule has 2 heterocycles. The van der Waals surface area contributed by atoms with Crippen LogP contribution in [0.25, 0.3) is 27.5 Å². The number of unbranched alkanes of at least 4 members (excludes halogenated alkanes) is 1. The summed E-state index contributed by atoms with van der Waals surface area (Å²) in [5.74, 6) is 0.